The fraction of sp³-hybridized carbons (Fsp3) is 0.250. The zero-order chi connectivity index (χ0) is 17.3. The number of benzene rings is 1. The van der Waals surface area contributed by atoms with Crippen molar-refractivity contribution in [2.24, 2.45) is 0 Å². The molecule has 3 rings (SSSR count). The van der Waals surface area contributed by atoms with E-state index in [1.54, 1.807) is 0 Å². The van der Waals surface area contributed by atoms with Gasteiger partial charge >= 0.3 is 6.18 Å². The molecule has 0 radical (unpaired) electrons. The first kappa shape index (κ1) is 16.1. The molecular weight excluding hydrogens is 325 g/mol. The summed E-state index contributed by atoms with van der Waals surface area (Å²) in [7, 11) is 0. The van der Waals surface area contributed by atoms with E-state index in [-0.39, 0.29) is 24.4 Å². The molecule has 5 nitrogen and oxygen atoms in total. The van der Waals surface area contributed by atoms with E-state index in [0.717, 1.165) is 11.0 Å². The van der Waals surface area contributed by atoms with Crippen molar-refractivity contribution in [3.05, 3.63) is 59.5 Å². The van der Waals surface area contributed by atoms with E-state index in [0.29, 0.717) is 0 Å². The highest BCUT2D eigenvalue weighted by atomic mass is 19.4. The number of hydrogen-bond donors (Lipinski definition) is 1. The van der Waals surface area contributed by atoms with Crippen LogP contribution >= 0.6 is 0 Å². The van der Waals surface area contributed by atoms with Crippen LogP contribution in [0.15, 0.2) is 47.1 Å². The van der Waals surface area contributed by atoms with Crippen molar-refractivity contribution in [1.29, 1.82) is 0 Å². The molecule has 0 unspecified atom stereocenters. The highest BCUT2D eigenvalue weighted by molar-refractivity contribution is 5.96. The van der Waals surface area contributed by atoms with Gasteiger partial charge in [0, 0.05) is 13.1 Å². The smallest absolute Gasteiger partial charge is 0.416 e. The van der Waals surface area contributed by atoms with Crippen LogP contribution in [0, 0.1) is 0 Å². The minimum absolute atomic E-state index is 0.0285. The predicted molar refractivity (Wildman–Crippen MR) is 76.9 cm³/mol. The minimum atomic E-state index is -4.63. The van der Waals surface area contributed by atoms with Gasteiger partial charge in [-0.05, 0) is 23.8 Å². The Labute approximate surface area is 135 Å². The van der Waals surface area contributed by atoms with Gasteiger partial charge in [0.25, 0.3) is 5.91 Å². The van der Waals surface area contributed by atoms with Gasteiger partial charge < -0.3 is 14.6 Å². The van der Waals surface area contributed by atoms with E-state index in [1.165, 1.54) is 36.6 Å². The summed E-state index contributed by atoms with van der Waals surface area (Å²) < 4.78 is 44.9. The number of alkyl halides is 3. The van der Waals surface area contributed by atoms with Gasteiger partial charge in [-0.15, -0.1) is 0 Å². The maximum atomic E-state index is 13.3. The second-order valence-corrected chi connectivity index (χ2v) is 5.25. The number of carbonyl (C=O) groups is 2. The Morgan fingerprint density at radius 2 is 1.96 bits per heavy atom. The second kappa shape index (κ2) is 6.03. The predicted octanol–water partition coefficient (Wildman–Crippen LogP) is 2.61. The second-order valence-electron chi connectivity index (χ2n) is 5.25. The molecule has 8 heteroatoms. The number of nitrogens with zero attached hydrogens (tertiary/aromatic N) is 1. The molecule has 2 heterocycles. The fourth-order valence-corrected chi connectivity index (χ4v) is 2.73. The Bertz CT molecular complexity index is 756. The highest BCUT2D eigenvalue weighted by Gasteiger charge is 2.42. The van der Waals surface area contributed by atoms with E-state index >= 15 is 0 Å². The Kier molecular flexibility index (Phi) is 4.04. The van der Waals surface area contributed by atoms with E-state index < -0.39 is 29.6 Å². The minimum Gasteiger partial charge on any atom is -0.459 e. The lowest BCUT2D eigenvalue weighted by molar-refractivity contribution is -0.139. The average molecular weight is 338 g/mol. The number of halogens is 3. The molecule has 0 saturated carbocycles. The molecule has 2 amide bonds. The van der Waals surface area contributed by atoms with Crippen LogP contribution in [-0.4, -0.2) is 29.8 Å². The Morgan fingerprint density at radius 1 is 1.21 bits per heavy atom. The van der Waals surface area contributed by atoms with Crippen molar-refractivity contribution in [2.45, 2.75) is 12.2 Å². The molecule has 1 aromatic heterocycles. The van der Waals surface area contributed by atoms with Crippen LogP contribution in [0.5, 0.6) is 0 Å². The van der Waals surface area contributed by atoms with Gasteiger partial charge in [-0.3, -0.25) is 9.59 Å². The lowest BCUT2D eigenvalue weighted by Crippen LogP contribution is -2.52. The molecule has 1 fully saturated rings. The summed E-state index contributed by atoms with van der Waals surface area (Å²) >= 11 is 0. The number of amides is 2. The SMILES string of the molecule is O=C1NCCN(C(=O)c2ccco2)[C@@H]1c1ccccc1C(F)(F)F. The first-order chi connectivity index (χ1) is 11.4. The van der Waals surface area contributed by atoms with Crippen LogP contribution in [0.1, 0.15) is 27.7 Å². The molecule has 2 aromatic rings. The molecule has 1 aliphatic rings. The molecule has 1 atom stereocenters. The van der Waals surface area contributed by atoms with Crippen LogP contribution < -0.4 is 5.32 Å². The van der Waals surface area contributed by atoms with Crippen molar-refractivity contribution < 1.29 is 27.2 Å². The van der Waals surface area contributed by atoms with Crippen LogP contribution in [0.4, 0.5) is 13.2 Å². The van der Waals surface area contributed by atoms with E-state index in [9.17, 15) is 22.8 Å². The van der Waals surface area contributed by atoms with Gasteiger partial charge in [0.1, 0.15) is 6.04 Å². The van der Waals surface area contributed by atoms with Gasteiger partial charge in [-0.2, -0.15) is 13.2 Å². The summed E-state index contributed by atoms with van der Waals surface area (Å²) in [6, 6.07) is 6.29. The molecule has 1 aliphatic heterocycles. The molecular formula is C16H13F3N2O3. The maximum absolute atomic E-state index is 13.3. The number of rotatable bonds is 2. The van der Waals surface area contributed by atoms with E-state index in [1.807, 2.05) is 0 Å². The highest BCUT2D eigenvalue weighted by Crippen LogP contribution is 2.37. The molecule has 24 heavy (non-hydrogen) atoms. The quantitative estimate of drug-likeness (QED) is 0.916. The van der Waals surface area contributed by atoms with Crippen LogP contribution in [0.2, 0.25) is 0 Å². The normalized spacial score (nSPS) is 18.4. The van der Waals surface area contributed by atoms with Gasteiger partial charge in [-0.1, -0.05) is 18.2 Å². The summed E-state index contributed by atoms with van der Waals surface area (Å²) in [5.74, 6) is -1.31. The summed E-state index contributed by atoms with van der Waals surface area (Å²) in [5.41, 5.74) is -1.20. The molecule has 1 saturated heterocycles. The molecule has 1 N–H and O–H groups in total. The van der Waals surface area contributed by atoms with E-state index in [4.69, 9.17) is 4.42 Å². The fourth-order valence-electron chi connectivity index (χ4n) is 2.73. The number of carbonyl (C=O) groups excluding carboxylic acids is 2. The summed E-state index contributed by atoms with van der Waals surface area (Å²) in [6.07, 6.45) is -3.34. The van der Waals surface area contributed by atoms with Crippen LogP contribution in [0.3, 0.4) is 0 Å². The third kappa shape index (κ3) is 2.86. The lowest BCUT2D eigenvalue weighted by atomic mass is 9.96. The number of nitrogens with one attached hydrogen (secondary N) is 1. The number of piperazine rings is 1. The van der Waals surface area contributed by atoms with Crippen LogP contribution in [-0.2, 0) is 11.0 Å². The van der Waals surface area contributed by atoms with Gasteiger partial charge in [0.05, 0.1) is 11.8 Å². The maximum Gasteiger partial charge on any atom is 0.416 e. The first-order valence-corrected chi connectivity index (χ1v) is 7.18. The van der Waals surface area contributed by atoms with Crippen molar-refractivity contribution in [1.82, 2.24) is 10.2 Å². The monoisotopic (exact) mass is 338 g/mol. The lowest BCUT2D eigenvalue weighted by Gasteiger charge is -2.35. The van der Waals surface area contributed by atoms with Crippen molar-refractivity contribution in [2.75, 3.05) is 13.1 Å². The number of hydrogen-bond acceptors (Lipinski definition) is 3. The van der Waals surface area contributed by atoms with Crippen LogP contribution in [0.25, 0.3) is 0 Å². The van der Waals surface area contributed by atoms with Gasteiger partial charge in [0.15, 0.2) is 5.76 Å². The molecule has 0 bridgehead atoms. The summed E-state index contributed by atoms with van der Waals surface area (Å²) in [4.78, 5) is 25.9. The molecule has 126 valence electrons. The Balaban J connectivity index is 2.06. The standard InChI is InChI=1S/C16H13F3N2O3/c17-16(18,19)11-5-2-1-4-10(11)13-14(22)20-7-8-21(13)15(23)12-6-3-9-24-12/h1-6,9,13H,7-8H2,(H,20,22)/t13-/m1/s1. The van der Waals surface area contributed by atoms with Gasteiger partial charge in [0.2, 0.25) is 5.91 Å². The molecule has 0 spiro atoms. The molecule has 1 aromatic carbocycles. The largest absolute Gasteiger partial charge is 0.459 e. The summed E-state index contributed by atoms with van der Waals surface area (Å²) in [6.45, 7) is 0.248. The third-order valence-corrected chi connectivity index (χ3v) is 3.77. The van der Waals surface area contributed by atoms with E-state index in [2.05, 4.69) is 5.32 Å². The van der Waals surface area contributed by atoms with Crippen molar-refractivity contribution in [3.63, 3.8) is 0 Å². The summed E-state index contributed by atoms with van der Waals surface area (Å²) in [5, 5.41) is 2.51. The van der Waals surface area contributed by atoms with Crippen molar-refractivity contribution in [3.8, 4) is 0 Å². The topological polar surface area (TPSA) is 62.6 Å². The Hall–Kier alpha value is -2.77. The van der Waals surface area contributed by atoms with Gasteiger partial charge in [-0.25, -0.2) is 0 Å². The molecule has 0 aliphatic carbocycles. The zero-order valence-corrected chi connectivity index (χ0v) is 12.3. The Morgan fingerprint density at radius 3 is 2.62 bits per heavy atom. The average Bonchev–Trinajstić information content (AvgIpc) is 3.07. The number of furan rings is 1. The zero-order valence-electron chi connectivity index (χ0n) is 12.3. The first-order valence-electron chi connectivity index (χ1n) is 7.18. The third-order valence-electron chi connectivity index (χ3n) is 3.77. The van der Waals surface area contributed by atoms with Crippen molar-refractivity contribution >= 4 is 11.8 Å².